The maximum atomic E-state index is 11.2. The van der Waals surface area contributed by atoms with Crippen molar-refractivity contribution in [2.75, 3.05) is 0 Å². The van der Waals surface area contributed by atoms with E-state index in [2.05, 4.69) is 22.0 Å². The third-order valence-electron chi connectivity index (χ3n) is 3.06. The zero-order chi connectivity index (χ0) is 17.4. The number of carbonyl (C=O) groups is 1. The molecule has 0 spiro atoms. The number of rotatable bonds is 2. The van der Waals surface area contributed by atoms with Crippen LogP contribution in [0.2, 0.25) is 0 Å². The lowest BCUT2D eigenvalue weighted by Crippen LogP contribution is -2.11. The second-order valence-corrected chi connectivity index (χ2v) is 5.22. The van der Waals surface area contributed by atoms with Crippen LogP contribution >= 0.6 is 15.9 Å². The second-order valence-electron chi connectivity index (χ2n) is 4.30. The normalized spacial score (nSPS) is 9.43. The minimum atomic E-state index is -0.416. The van der Waals surface area contributed by atoms with E-state index in [0.29, 0.717) is 5.56 Å². The Morgan fingerprint density at radius 3 is 2.35 bits per heavy atom. The molecule has 0 bridgehead atoms. The molecular formula is C19H23BrN2O. The monoisotopic (exact) mass is 374 g/mol. The third-order valence-corrected chi connectivity index (χ3v) is 3.55. The molecule has 2 N–H and O–H groups in total. The summed E-state index contributed by atoms with van der Waals surface area (Å²) < 4.78 is 3.08. The fourth-order valence-electron chi connectivity index (χ4n) is 2.15. The molecule has 0 saturated heterocycles. The molecule has 0 aliphatic heterocycles. The van der Waals surface area contributed by atoms with Crippen LogP contribution in [0.15, 0.2) is 59.2 Å². The Balaban J connectivity index is 0.000000615. The summed E-state index contributed by atoms with van der Waals surface area (Å²) in [7, 11) is 0. The van der Waals surface area contributed by atoms with Crippen molar-refractivity contribution >= 4 is 32.7 Å². The predicted molar refractivity (Wildman–Crippen MR) is 102 cm³/mol. The number of benzene rings is 2. The number of hydrogen-bond acceptors (Lipinski definition) is 1. The first-order chi connectivity index (χ1) is 11.1. The summed E-state index contributed by atoms with van der Waals surface area (Å²) in [5.74, 6) is -0.416. The molecule has 0 aliphatic rings. The van der Waals surface area contributed by atoms with E-state index in [9.17, 15) is 4.79 Å². The first-order valence-corrected chi connectivity index (χ1v) is 8.61. The second kappa shape index (κ2) is 9.16. The van der Waals surface area contributed by atoms with Crippen molar-refractivity contribution in [3.05, 3.63) is 64.8 Å². The maximum Gasteiger partial charge on any atom is 0.248 e. The van der Waals surface area contributed by atoms with Crippen molar-refractivity contribution in [1.82, 2.24) is 4.57 Å². The van der Waals surface area contributed by atoms with Gasteiger partial charge in [0.1, 0.15) is 0 Å². The molecule has 0 saturated carbocycles. The maximum absolute atomic E-state index is 11.2. The molecule has 23 heavy (non-hydrogen) atoms. The summed E-state index contributed by atoms with van der Waals surface area (Å²) >= 11 is 3.46. The van der Waals surface area contributed by atoms with Crippen LogP contribution in [-0.2, 0) is 0 Å². The number of nitrogens with two attached hydrogens (primary N) is 1. The molecule has 3 nitrogen and oxygen atoms in total. The third kappa shape index (κ3) is 4.45. The van der Waals surface area contributed by atoms with Crippen molar-refractivity contribution in [1.29, 1.82) is 0 Å². The highest BCUT2D eigenvalue weighted by atomic mass is 79.9. The summed E-state index contributed by atoms with van der Waals surface area (Å²) in [4.78, 5) is 11.2. The van der Waals surface area contributed by atoms with Crippen LogP contribution in [0.5, 0.6) is 0 Å². The van der Waals surface area contributed by atoms with Crippen LogP contribution in [0.1, 0.15) is 38.1 Å². The Morgan fingerprint density at radius 2 is 1.70 bits per heavy atom. The predicted octanol–water partition coefficient (Wildman–Crippen LogP) is 5.54. The van der Waals surface area contributed by atoms with Gasteiger partial charge in [-0.1, -0.05) is 49.7 Å². The van der Waals surface area contributed by atoms with Gasteiger partial charge in [0.15, 0.2) is 0 Å². The number of hydrogen-bond donors (Lipinski definition) is 1. The first-order valence-electron chi connectivity index (χ1n) is 7.82. The minimum Gasteiger partial charge on any atom is -0.366 e. The van der Waals surface area contributed by atoms with Crippen LogP contribution in [0.4, 0.5) is 0 Å². The SMILES string of the molecule is CC.CC.NC(=O)c1cccc(-n2ccc3cc(Br)ccc32)c1. The number of primary amides is 1. The molecule has 0 unspecified atom stereocenters. The fourth-order valence-corrected chi connectivity index (χ4v) is 2.53. The van der Waals surface area contributed by atoms with E-state index >= 15 is 0 Å². The van der Waals surface area contributed by atoms with Crippen LogP contribution < -0.4 is 5.73 Å². The van der Waals surface area contributed by atoms with Crippen molar-refractivity contribution in [3.8, 4) is 5.69 Å². The van der Waals surface area contributed by atoms with E-state index in [1.807, 2.05) is 68.8 Å². The highest BCUT2D eigenvalue weighted by molar-refractivity contribution is 9.10. The lowest BCUT2D eigenvalue weighted by molar-refractivity contribution is 0.100. The Kier molecular flexibility index (Phi) is 7.55. The van der Waals surface area contributed by atoms with Gasteiger partial charge in [0.05, 0.1) is 5.52 Å². The van der Waals surface area contributed by atoms with E-state index in [0.717, 1.165) is 21.1 Å². The van der Waals surface area contributed by atoms with E-state index in [-0.39, 0.29) is 0 Å². The molecule has 0 fully saturated rings. The number of amides is 1. The van der Waals surface area contributed by atoms with Gasteiger partial charge in [0, 0.05) is 27.3 Å². The zero-order valence-electron chi connectivity index (χ0n) is 14.0. The standard InChI is InChI=1S/C15H11BrN2O.2C2H6/c16-12-4-5-14-10(8-12)6-7-18(14)13-3-1-2-11(9-13)15(17)19;2*1-2/h1-9H,(H2,17,19);2*1-2H3. The Hall–Kier alpha value is -2.07. The molecular weight excluding hydrogens is 352 g/mol. The largest absolute Gasteiger partial charge is 0.366 e. The number of halogens is 1. The van der Waals surface area contributed by atoms with Crippen molar-refractivity contribution in [2.24, 2.45) is 5.73 Å². The smallest absolute Gasteiger partial charge is 0.248 e. The molecule has 1 amide bonds. The topological polar surface area (TPSA) is 48.0 Å². The number of fused-ring (bicyclic) bond motifs is 1. The molecule has 0 atom stereocenters. The van der Waals surface area contributed by atoms with Gasteiger partial charge < -0.3 is 10.3 Å². The van der Waals surface area contributed by atoms with E-state index < -0.39 is 5.91 Å². The zero-order valence-corrected chi connectivity index (χ0v) is 15.6. The summed E-state index contributed by atoms with van der Waals surface area (Å²) in [6, 6.07) is 15.4. The summed E-state index contributed by atoms with van der Waals surface area (Å²) in [5, 5.41) is 1.14. The lowest BCUT2D eigenvalue weighted by atomic mass is 10.2. The molecule has 0 radical (unpaired) electrons. The van der Waals surface area contributed by atoms with Gasteiger partial charge >= 0.3 is 0 Å². The Labute approximate surface area is 146 Å². The Bertz CT molecular complexity index is 778. The number of nitrogens with zero attached hydrogens (tertiary/aromatic N) is 1. The Morgan fingerprint density at radius 1 is 1.00 bits per heavy atom. The van der Waals surface area contributed by atoms with Gasteiger partial charge in [-0.2, -0.15) is 0 Å². The van der Waals surface area contributed by atoms with Crippen LogP contribution in [0.25, 0.3) is 16.6 Å². The molecule has 3 aromatic rings. The van der Waals surface area contributed by atoms with Gasteiger partial charge in [0.25, 0.3) is 0 Å². The van der Waals surface area contributed by atoms with Gasteiger partial charge in [-0.15, -0.1) is 0 Å². The van der Waals surface area contributed by atoms with Crippen LogP contribution in [0.3, 0.4) is 0 Å². The number of aromatic nitrogens is 1. The first kappa shape index (κ1) is 19.0. The van der Waals surface area contributed by atoms with Crippen molar-refractivity contribution in [2.45, 2.75) is 27.7 Å². The van der Waals surface area contributed by atoms with Crippen LogP contribution in [-0.4, -0.2) is 10.5 Å². The van der Waals surface area contributed by atoms with Crippen LogP contribution in [0, 0.1) is 0 Å². The van der Waals surface area contributed by atoms with Crippen molar-refractivity contribution in [3.63, 3.8) is 0 Å². The molecule has 3 rings (SSSR count). The van der Waals surface area contributed by atoms with E-state index in [4.69, 9.17) is 5.73 Å². The van der Waals surface area contributed by atoms with Gasteiger partial charge in [-0.05, 0) is 42.5 Å². The molecule has 0 aliphatic carbocycles. The summed E-state index contributed by atoms with van der Waals surface area (Å²) in [5.41, 5.74) is 7.84. The van der Waals surface area contributed by atoms with E-state index in [1.165, 1.54) is 0 Å². The fraction of sp³-hybridized carbons (Fsp3) is 0.211. The molecule has 122 valence electrons. The van der Waals surface area contributed by atoms with Gasteiger partial charge in [-0.3, -0.25) is 4.79 Å². The highest BCUT2D eigenvalue weighted by Gasteiger charge is 2.06. The van der Waals surface area contributed by atoms with Gasteiger partial charge in [-0.25, -0.2) is 0 Å². The quantitative estimate of drug-likeness (QED) is 0.628. The van der Waals surface area contributed by atoms with Crippen molar-refractivity contribution < 1.29 is 4.79 Å². The molecule has 1 aromatic heterocycles. The van der Waals surface area contributed by atoms with E-state index in [1.54, 1.807) is 12.1 Å². The summed E-state index contributed by atoms with van der Waals surface area (Å²) in [6.45, 7) is 8.00. The average Bonchev–Trinajstić information content (AvgIpc) is 3.01. The summed E-state index contributed by atoms with van der Waals surface area (Å²) in [6.07, 6.45) is 1.98. The lowest BCUT2D eigenvalue weighted by Gasteiger charge is -2.07. The molecule has 1 heterocycles. The average molecular weight is 375 g/mol. The number of carbonyl (C=O) groups excluding carboxylic acids is 1. The highest BCUT2D eigenvalue weighted by Crippen LogP contribution is 2.24. The van der Waals surface area contributed by atoms with Gasteiger partial charge in [0.2, 0.25) is 5.91 Å². The minimum absolute atomic E-state index is 0.416. The molecule has 4 heteroatoms. The molecule has 2 aromatic carbocycles.